The van der Waals surface area contributed by atoms with Crippen LogP contribution in [0.1, 0.15) is 59.3 Å². The Labute approximate surface area is 217 Å². The number of rotatable bonds is 11. The molecular weight excluding hydrogens is 532 g/mol. The third kappa shape index (κ3) is 6.77. The highest BCUT2D eigenvalue weighted by Crippen LogP contribution is 2.43. The van der Waals surface area contributed by atoms with Crippen LogP contribution in [0.25, 0.3) is 0 Å². The highest BCUT2D eigenvalue weighted by molar-refractivity contribution is 9.10. The van der Waals surface area contributed by atoms with Crippen LogP contribution in [0.4, 0.5) is 11.4 Å². The van der Waals surface area contributed by atoms with E-state index in [1.807, 2.05) is 30.3 Å². The third-order valence-electron chi connectivity index (χ3n) is 6.14. The van der Waals surface area contributed by atoms with Gasteiger partial charge in [-0.05, 0) is 53.9 Å². The summed E-state index contributed by atoms with van der Waals surface area (Å²) in [5, 5.41) is 0. The molecule has 3 rings (SSSR count). The van der Waals surface area contributed by atoms with Crippen molar-refractivity contribution >= 4 is 43.3 Å². The maximum absolute atomic E-state index is 13.8. The lowest BCUT2D eigenvalue weighted by Gasteiger charge is -2.37. The second-order valence-corrected chi connectivity index (χ2v) is 11.4. The molecule has 0 aliphatic carbocycles. The summed E-state index contributed by atoms with van der Waals surface area (Å²) in [7, 11) is -3.88. The van der Waals surface area contributed by atoms with Crippen LogP contribution in [0, 0.1) is 0 Å². The van der Waals surface area contributed by atoms with Gasteiger partial charge in [-0.2, -0.15) is 0 Å². The Kier molecular flexibility index (Phi) is 9.61. The van der Waals surface area contributed by atoms with Crippen LogP contribution in [0.15, 0.2) is 51.8 Å². The Morgan fingerprint density at radius 2 is 1.74 bits per heavy atom. The number of nitrogens with one attached hydrogen (secondary N) is 1. The fourth-order valence-corrected chi connectivity index (χ4v) is 6.52. The van der Waals surface area contributed by atoms with Crippen molar-refractivity contribution in [3.8, 4) is 5.75 Å². The minimum Gasteiger partial charge on any atom is -0.481 e. The number of para-hydroxylation sites is 1. The lowest BCUT2D eigenvalue weighted by Crippen LogP contribution is -2.53. The van der Waals surface area contributed by atoms with Gasteiger partial charge in [-0.3, -0.25) is 0 Å². The molecule has 0 saturated heterocycles. The largest absolute Gasteiger partial charge is 0.481 e. The lowest BCUT2D eigenvalue weighted by atomic mass is 9.87. The van der Waals surface area contributed by atoms with E-state index in [1.165, 1.54) is 6.07 Å². The highest BCUT2D eigenvalue weighted by atomic mass is 79.9. The summed E-state index contributed by atoms with van der Waals surface area (Å²) < 4.78 is 41.9. The van der Waals surface area contributed by atoms with Crippen LogP contribution in [-0.4, -0.2) is 39.7 Å². The van der Waals surface area contributed by atoms with E-state index in [9.17, 15) is 13.2 Å². The number of esters is 1. The SMILES string of the molecule is CCCCC1(CCCC)CN(c2ccccc2)c2cc(Br)c(OCC(=O)OCC)cc2S(=O)(=O)N1. The number of carbonyl (C=O) groups excluding carboxylic acids is 1. The Bertz CT molecular complexity index is 1100. The number of sulfonamides is 1. The average molecular weight is 568 g/mol. The van der Waals surface area contributed by atoms with Gasteiger partial charge in [-0.1, -0.05) is 57.7 Å². The summed E-state index contributed by atoms with van der Waals surface area (Å²) >= 11 is 3.52. The normalized spacial score (nSPS) is 16.3. The molecule has 0 fully saturated rings. The molecule has 2 aromatic rings. The molecule has 0 bridgehead atoms. The number of hydrogen-bond donors (Lipinski definition) is 1. The van der Waals surface area contributed by atoms with Gasteiger partial charge in [0, 0.05) is 18.3 Å². The smallest absolute Gasteiger partial charge is 0.344 e. The predicted octanol–water partition coefficient (Wildman–Crippen LogP) is 5.94. The maximum atomic E-state index is 13.8. The summed E-state index contributed by atoms with van der Waals surface area (Å²) in [6.45, 7) is 6.40. The average Bonchev–Trinajstić information content (AvgIpc) is 2.93. The molecule has 0 unspecified atom stereocenters. The first-order valence-electron chi connectivity index (χ1n) is 12.2. The Balaban J connectivity index is 2.14. The Hall–Kier alpha value is -2.10. The van der Waals surface area contributed by atoms with Crippen LogP contribution in [0.3, 0.4) is 0 Å². The minimum absolute atomic E-state index is 0.123. The van der Waals surface area contributed by atoms with Crippen molar-refractivity contribution in [3.05, 3.63) is 46.9 Å². The molecule has 0 aromatic heterocycles. The number of anilines is 2. The van der Waals surface area contributed by atoms with Gasteiger partial charge >= 0.3 is 5.97 Å². The van der Waals surface area contributed by atoms with E-state index >= 15 is 0 Å². The monoisotopic (exact) mass is 566 g/mol. The van der Waals surface area contributed by atoms with E-state index in [2.05, 4.69) is 39.4 Å². The molecular formula is C26H35BrN2O5S. The van der Waals surface area contributed by atoms with Crippen LogP contribution >= 0.6 is 15.9 Å². The van der Waals surface area contributed by atoms with E-state index in [1.54, 1.807) is 13.0 Å². The quantitative estimate of drug-likeness (QED) is 0.339. The zero-order valence-electron chi connectivity index (χ0n) is 20.7. The topological polar surface area (TPSA) is 84.9 Å². The van der Waals surface area contributed by atoms with Crippen molar-refractivity contribution in [3.63, 3.8) is 0 Å². The number of ether oxygens (including phenoxy) is 2. The molecule has 0 saturated carbocycles. The van der Waals surface area contributed by atoms with E-state index in [-0.39, 0.29) is 23.9 Å². The summed E-state index contributed by atoms with van der Waals surface area (Å²) in [6.07, 6.45) is 5.28. The van der Waals surface area contributed by atoms with Gasteiger partial charge in [0.15, 0.2) is 6.61 Å². The fourth-order valence-electron chi connectivity index (χ4n) is 4.41. The highest BCUT2D eigenvalue weighted by Gasteiger charge is 2.42. The van der Waals surface area contributed by atoms with Gasteiger partial charge < -0.3 is 14.4 Å². The summed E-state index contributed by atoms with van der Waals surface area (Å²) in [4.78, 5) is 14.0. The zero-order chi connectivity index (χ0) is 25.5. The molecule has 7 nitrogen and oxygen atoms in total. The maximum Gasteiger partial charge on any atom is 0.344 e. The van der Waals surface area contributed by atoms with Gasteiger partial charge in [0.25, 0.3) is 0 Å². The lowest BCUT2D eigenvalue weighted by molar-refractivity contribution is -0.145. The van der Waals surface area contributed by atoms with Crippen LogP contribution in [0.2, 0.25) is 0 Å². The Morgan fingerprint density at radius 3 is 2.34 bits per heavy atom. The number of halogens is 1. The van der Waals surface area contributed by atoms with E-state index in [0.717, 1.165) is 44.2 Å². The Morgan fingerprint density at radius 1 is 1.09 bits per heavy atom. The molecule has 9 heteroatoms. The van der Waals surface area contributed by atoms with E-state index in [0.29, 0.717) is 16.7 Å². The number of unbranched alkanes of at least 4 members (excludes halogenated alkanes) is 2. The molecule has 0 spiro atoms. The van der Waals surface area contributed by atoms with Gasteiger partial charge in [0.1, 0.15) is 10.6 Å². The molecule has 1 heterocycles. The first-order valence-corrected chi connectivity index (χ1v) is 14.5. The molecule has 1 aliphatic heterocycles. The van der Waals surface area contributed by atoms with Gasteiger partial charge in [0.2, 0.25) is 10.0 Å². The molecule has 1 N–H and O–H groups in total. The second-order valence-electron chi connectivity index (χ2n) is 8.86. The molecule has 192 valence electrons. The van der Waals surface area contributed by atoms with Crippen molar-refractivity contribution in [2.24, 2.45) is 0 Å². The van der Waals surface area contributed by atoms with Crippen LogP contribution in [-0.2, 0) is 19.6 Å². The standard InChI is InChI=1S/C26H35BrN2O5S/c1-4-7-14-26(15-8-5-2)19-29(20-12-10-9-11-13-20)22-16-21(27)23(34-18-25(30)33-6-3)17-24(22)35(31,32)28-26/h9-13,16-17,28H,4-8,14-15,18-19H2,1-3H3. The molecule has 0 amide bonds. The van der Waals surface area contributed by atoms with Crippen molar-refractivity contribution in [1.29, 1.82) is 0 Å². The number of fused-ring (bicyclic) bond motifs is 1. The van der Waals surface area contributed by atoms with E-state index < -0.39 is 21.5 Å². The number of hydrogen-bond acceptors (Lipinski definition) is 6. The van der Waals surface area contributed by atoms with Crippen molar-refractivity contribution < 1.29 is 22.7 Å². The van der Waals surface area contributed by atoms with Gasteiger partial charge in [-0.25, -0.2) is 17.9 Å². The second kappa shape index (κ2) is 12.2. The molecule has 1 aliphatic rings. The predicted molar refractivity (Wildman–Crippen MR) is 142 cm³/mol. The van der Waals surface area contributed by atoms with Crippen molar-refractivity contribution in [1.82, 2.24) is 4.72 Å². The van der Waals surface area contributed by atoms with Gasteiger partial charge in [0.05, 0.1) is 22.3 Å². The zero-order valence-corrected chi connectivity index (χ0v) is 23.1. The fraction of sp³-hybridized carbons (Fsp3) is 0.500. The molecule has 0 radical (unpaired) electrons. The van der Waals surface area contributed by atoms with Crippen molar-refractivity contribution in [2.45, 2.75) is 69.7 Å². The summed E-state index contributed by atoms with van der Waals surface area (Å²) in [5.41, 5.74) is 0.865. The summed E-state index contributed by atoms with van der Waals surface area (Å²) in [6, 6.07) is 13.1. The molecule has 0 atom stereocenters. The first-order chi connectivity index (χ1) is 16.7. The van der Waals surface area contributed by atoms with Crippen molar-refractivity contribution in [2.75, 3.05) is 24.7 Å². The summed E-state index contributed by atoms with van der Waals surface area (Å²) in [5.74, 6) is -0.246. The molecule has 35 heavy (non-hydrogen) atoms. The number of benzene rings is 2. The molecule has 2 aromatic carbocycles. The third-order valence-corrected chi connectivity index (χ3v) is 8.37. The first kappa shape index (κ1) is 27.5. The van der Waals surface area contributed by atoms with Gasteiger partial charge in [-0.15, -0.1) is 0 Å². The minimum atomic E-state index is -3.88. The number of nitrogens with zero attached hydrogens (tertiary/aromatic N) is 1. The van der Waals surface area contributed by atoms with E-state index in [4.69, 9.17) is 9.47 Å². The number of carbonyl (C=O) groups is 1. The van der Waals surface area contributed by atoms with Crippen LogP contribution in [0.5, 0.6) is 5.75 Å². The van der Waals surface area contributed by atoms with Crippen LogP contribution < -0.4 is 14.4 Å².